The monoisotopic (exact) mass is 221 g/mol. The van der Waals surface area contributed by atoms with Crippen molar-refractivity contribution in [3.05, 3.63) is 17.5 Å². The minimum atomic E-state index is -0.878. The Bertz CT molecular complexity index is 417. The lowest BCUT2D eigenvalue weighted by molar-refractivity contribution is -0.138. The number of aryl methyl sites for hydroxylation is 1. The van der Waals surface area contributed by atoms with E-state index in [0.29, 0.717) is 13.1 Å². The number of aliphatic carboxylic acids is 1. The van der Waals surface area contributed by atoms with Crippen LogP contribution in [-0.2, 0) is 18.4 Å². The molecular weight excluding hydrogens is 206 g/mol. The van der Waals surface area contributed by atoms with E-state index in [1.54, 1.807) is 15.8 Å². The van der Waals surface area contributed by atoms with E-state index in [4.69, 9.17) is 11.5 Å². The molecule has 0 bridgehead atoms. The molecule has 0 atom stereocenters. The van der Waals surface area contributed by atoms with Crippen LogP contribution in [0.15, 0.2) is 6.20 Å². The molecule has 0 radical (unpaired) electrons. The van der Waals surface area contributed by atoms with Crippen LogP contribution in [0, 0.1) is 19.3 Å². The summed E-state index contributed by atoms with van der Waals surface area (Å²) in [4.78, 5) is 12.3. The zero-order chi connectivity index (χ0) is 12.1. The van der Waals surface area contributed by atoms with Gasteiger partial charge in [-0.25, -0.2) is 0 Å². The summed E-state index contributed by atoms with van der Waals surface area (Å²) in [5.74, 6) is 1.58. The Balaban J connectivity index is 2.72. The topological polar surface area (TPSA) is 58.4 Å². The van der Waals surface area contributed by atoms with Crippen LogP contribution in [0.5, 0.6) is 0 Å². The van der Waals surface area contributed by atoms with E-state index < -0.39 is 5.97 Å². The van der Waals surface area contributed by atoms with Gasteiger partial charge in [0.2, 0.25) is 0 Å². The van der Waals surface area contributed by atoms with Gasteiger partial charge in [0.05, 0.1) is 19.3 Å². The largest absolute Gasteiger partial charge is 0.480 e. The fourth-order valence-corrected chi connectivity index (χ4v) is 1.43. The summed E-state index contributed by atoms with van der Waals surface area (Å²) in [5, 5.41) is 12.8. The van der Waals surface area contributed by atoms with Crippen molar-refractivity contribution in [2.45, 2.75) is 13.5 Å². The summed E-state index contributed by atoms with van der Waals surface area (Å²) in [6.45, 7) is 2.71. The number of terminal acetylenes is 1. The van der Waals surface area contributed by atoms with Crippen LogP contribution < -0.4 is 0 Å². The Hall–Kier alpha value is -1.80. The van der Waals surface area contributed by atoms with Crippen LogP contribution in [0.4, 0.5) is 0 Å². The van der Waals surface area contributed by atoms with Gasteiger partial charge in [-0.3, -0.25) is 14.4 Å². The molecule has 1 rings (SSSR count). The number of carbonyl (C=O) groups is 1. The molecule has 0 amide bonds. The number of rotatable bonds is 5. The van der Waals surface area contributed by atoms with Gasteiger partial charge in [-0.15, -0.1) is 6.42 Å². The molecule has 1 aromatic rings. The molecule has 0 aromatic carbocycles. The molecule has 1 aromatic heterocycles. The Morgan fingerprint density at radius 2 is 2.44 bits per heavy atom. The quantitative estimate of drug-likeness (QED) is 0.724. The van der Waals surface area contributed by atoms with Crippen LogP contribution in [-0.4, -0.2) is 38.8 Å². The molecule has 16 heavy (non-hydrogen) atoms. The summed E-state index contributed by atoms with van der Waals surface area (Å²) in [6.07, 6.45) is 6.93. The number of carboxylic acids is 1. The maximum absolute atomic E-state index is 10.6. The summed E-state index contributed by atoms with van der Waals surface area (Å²) in [5.41, 5.74) is 2.02. The van der Waals surface area contributed by atoms with E-state index in [1.807, 2.05) is 14.0 Å². The average Bonchev–Trinajstić information content (AvgIpc) is 2.49. The van der Waals surface area contributed by atoms with Gasteiger partial charge in [-0.05, 0) is 6.92 Å². The van der Waals surface area contributed by atoms with Crippen molar-refractivity contribution in [1.29, 1.82) is 0 Å². The lowest BCUT2D eigenvalue weighted by Crippen LogP contribution is -2.29. The van der Waals surface area contributed by atoms with Crippen LogP contribution in [0.2, 0.25) is 0 Å². The molecule has 86 valence electrons. The molecule has 0 unspecified atom stereocenters. The lowest BCUT2D eigenvalue weighted by Gasteiger charge is -2.16. The molecule has 1 heterocycles. The van der Waals surface area contributed by atoms with Crippen molar-refractivity contribution < 1.29 is 9.90 Å². The normalized spacial score (nSPS) is 10.4. The van der Waals surface area contributed by atoms with Crippen molar-refractivity contribution in [2.24, 2.45) is 7.05 Å². The predicted molar refractivity (Wildman–Crippen MR) is 59.7 cm³/mol. The number of carboxylic acid groups (broad SMARTS) is 1. The standard InChI is InChI=1S/C11H15N3O2/c1-4-5-14(8-11(15)16)7-10-6-12-13(3)9(10)2/h1,6H,5,7-8H2,2-3H3,(H,15,16). The van der Waals surface area contributed by atoms with E-state index in [9.17, 15) is 4.79 Å². The van der Waals surface area contributed by atoms with Crippen molar-refractivity contribution in [3.63, 3.8) is 0 Å². The average molecular weight is 221 g/mol. The number of hydrogen-bond donors (Lipinski definition) is 1. The summed E-state index contributed by atoms with van der Waals surface area (Å²) in [7, 11) is 1.85. The highest BCUT2D eigenvalue weighted by Crippen LogP contribution is 2.08. The Kier molecular flexibility index (Phi) is 4.09. The second-order valence-electron chi connectivity index (χ2n) is 3.62. The predicted octanol–water partition coefficient (Wildman–Crippen LogP) is 0.248. The molecule has 0 aliphatic heterocycles. The third-order valence-electron chi connectivity index (χ3n) is 2.40. The lowest BCUT2D eigenvalue weighted by atomic mass is 10.2. The van der Waals surface area contributed by atoms with E-state index in [2.05, 4.69) is 11.0 Å². The van der Waals surface area contributed by atoms with Gasteiger partial charge in [-0.2, -0.15) is 5.10 Å². The smallest absolute Gasteiger partial charge is 0.317 e. The van der Waals surface area contributed by atoms with Crippen LogP contribution >= 0.6 is 0 Å². The molecular formula is C11H15N3O2. The zero-order valence-corrected chi connectivity index (χ0v) is 9.47. The fourth-order valence-electron chi connectivity index (χ4n) is 1.43. The van der Waals surface area contributed by atoms with Crippen LogP contribution in [0.3, 0.4) is 0 Å². The molecule has 5 nitrogen and oxygen atoms in total. The highest BCUT2D eigenvalue weighted by atomic mass is 16.4. The van der Waals surface area contributed by atoms with Crippen LogP contribution in [0.25, 0.3) is 0 Å². The van der Waals surface area contributed by atoms with E-state index in [1.165, 1.54) is 0 Å². The maximum Gasteiger partial charge on any atom is 0.317 e. The zero-order valence-electron chi connectivity index (χ0n) is 9.47. The van der Waals surface area contributed by atoms with E-state index in [0.717, 1.165) is 11.3 Å². The van der Waals surface area contributed by atoms with Gasteiger partial charge in [-0.1, -0.05) is 5.92 Å². The van der Waals surface area contributed by atoms with E-state index in [-0.39, 0.29) is 6.54 Å². The van der Waals surface area contributed by atoms with Gasteiger partial charge < -0.3 is 5.11 Å². The highest BCUT2D eigenvalue weighted by Gasteiger charge is 2.12. The Labute approximate surface area is 94.7 Å². The molecule has 0 saturated carbocycles. The van der Waals surface area contributed by atoms with Crippen molar-refractivity contribution >= 4 is 5.97 Å². The molecule has 5 heteroatoms. The Morgan fingerprint density at radius 1 is 1.75 bits per heavy atom. The molecule has 0 spiro atoms. The number of nitrogens with zero attached hydrogens (tertiary/aromatic N) is 3. The van der Waals surface area contributed by atoms with Gasteiger partial charge in [0, 0.05) is 24.8 Å². The van der Waals surface area contributed by atoms with Gasteiger partial charge in [0.1, 0.15) is 0 Å². The van der Waals surface area contributed by atoms with Gasteiger partial charge >= 0.3 is 5.97 Å². The van der Waals surface area contributed by atoms with Crippen molar-refractivity contribution in [2.75, 3.05) is 13.1 Å². The third-order valence-corrected chi connectivity index (χ3v) is 2.40. The molecule has 0 aliphatic carbocycles. The second kappa shape index (κ2) is 5.33. The highest BCUT2D eigenvalue weighted by molar-refractivity contribution is 5.69. The first kappa shape index (κ1) is 12.3. The van der Waals surface area contributed by atoms with Gasteiger partial charge in [0.25, 0.3) is 0 Å². The number of aromatic nitrogens is 2. The van der Waals surface area contributed by atoms with Crippen molar-refractivity contribution in [3.8, 4) is 12.3 Å². The first-order valence-electron chi connectivity index (χ1n) is 4.89. The molecule has 0 aliphatic rings. The molecule has 1 N–H and O–H groups in total. The van der Waals surface area contributed by atoms with Crippen LogP contribution in [0.1, 0.15) is 11.3 Å². The van der Waals surface area contributed by atoms with E-state index >= 15 is 0 Å². The molecule has 0 fully saturated rings. The maximum atomic E-state index is 10.6. The molecule has 0 saturated heterocycles. The minimum Gasteiger partial charge on any atom is -0.480 e. The summed E-state index contributed by atoms with van der Waals surface area (Å²) in [6, 6.07) is 0. The minimum absolute atomic E-state index is 0.0570. The second-order valence-corrected chi connectivity index (χ2v) is 3.62. The SMILES string of the molecule is C#CCN(CC(=O)O)Cc1cnn(C)c1C. The fraction of sp³-hybridized carbons (Fsp3) is 0.455. The summed E-state index contributed by atoms with van der Waals surface area (Å²) < 4.78 is 1.75. The van der Waals surface area contributed by atoms with Gasteiger partial charge in [0.15, 0.2) is 0 Å². The first-order chi connectivity index (χ1) is 7.54. The third kappa shape index (κ3) is 3.11. The summed E-state index contributed by atoms with van der Waals surface area (Å²) >= 11 is 0. The van der Waals surface area contributed by atoms with Crippen molar-refractivity contribution in [1.82, 2.24) is 14.7 Å². The first-order valence-corrected chi connectivity index (χ1v) is 4.89. The Morgan fingerprint density at radius 3 is 2.88 bits per heavy atom. The number of hydrogen-bond acceptors (Lipinski definition) is 3.